The summed E-state index contributed by atoms with van der Waals surface area (Å²) in [4.78, 5) is 36.1. The van der Waals surface area contributed by atoms with Crippen molar-refractivity contribution in [2.75, 3.05) is 11.9 Å². The summed E-state index contributed by atoms with van der Waals surface area (Å²) in [5, 5.41) is 2.05. The lowest BCUT2D eigenvalue weighted by atomic mass is 10.1. The van der Waals surface area contributed by atoms with Gasteiger partial charge in [0.05, 0.1) is 13.0 Å². The zero-order valence-electron chi connectivity index (χ0n) is 16.7. The van der Waals surface area contributed by atoms with Crippen molar-refractivity contribution in [3.05, 3.63) is 59.7 Å². The number of ketones is 1. The van der Waals surface area contributed by atoms with Gasteiger partial charge in [0.1, 0.15) is 23.1 Å². The van der Waals surface area contributed by atoms with Gasteiger partial charge in [0.25, 0.3) is 5.91 Å². The van der Waals surface area contributed by atoms with Gasteiger partial charge in [-0.3, -0.25) is 14.4 Å². The van der Waals surface area contributed by atoms with Gasteiger partial charge in [0, 0.05) is 12.0 Å². The van der Waals surface area contributed by atoms with Crippen molar-refractivity contribution in [2.45, 2.75) is 39.2 Å². The Bertz CT molecular complexity index is 879. The molecule has 0 aromatic heterocycles. The van der Waals surface area contributed by atoms with Gasteiger partial charge >= 0.3 is 5.97 Å². The third kappa shape index (κ3) is 6.65. The third-order valence-corrected chi connectivity index (χ3v) is 4.09. The normalized spacial score (nSPS) is 11.5. The van der Waals surface area contributed by atoms with E-state index >= 15 is 0 Å². The van der Waals surface area contributed by atoms with E-state index in [0.29, 0.717) is 17.9 Å². The number of benzene rings is 2. The largest absolute Gasteiger partial charge is 0.494 e. The lowest BCUT2D eigenvalue weighted by molar-refractivity contribution is -0.153. The van der Waals surface area contributed by atoms with Crippen LogP contribution in [0.3, 0.4) is 0 Å². The third-order valence-electron chi connectivity index (χ3n) is 4.09. The predicted molar refractivity (Wildman–Crippen MR) is 106 cm³/mol. The molecule has 0 heterocycles. The first-order valence-corrected chi connectivity index (χ1v) is 9.52. The molecule has 0 aliphatic heterocycles. The Morgan fingerprint density at radius 1 is 1.00 bits per heavy atom. The number of carbonyl (C=O) groups is 3. The summed E-state index contributed by atoms with van der Waals surface area (Å²) >= 11 is 0. The lowest BCUT2D eigenvalue weighted by Gasteiger charge is -2.14. The number of ether oxygens (including phenoxy) is 2. The molecule has 0 fully saturated rings. The van der Waals surface area contributed by atoms with Crippen LogP contribution in [0.4, 0.5) is 14.5 Å². The minimum absolute atomic E-state index is 0.107. The molecule has 2 aromatic carbocycles. The average molecular weight is 419 g/mol. The molecule has 8 heteroatoms. The fourth-order valence-corrected chi connectivity index (χ4v) is 2.47. The summed E-state index contributed by atoms with van der Waals surface area (Å²) in [6, 6.07) is 9.71. The SMILES string of the molecule is CCCOc1ccc(C(=O)CCC(=O)O[C@@H](C)C(=O)Nc2c(F)cccc2F)cc1. The molecule has 0 aliphatic rings. The second-order valence-electron chi connectivity index (χ2n) is 6.51. The van der Waals surface area contributed by atoms with Crippen molar-refractivity contribution in [2.24, 2.45) is 0 Å². The van der Waals surface area contributed by atoms with Crippen molar-refractivity contribution in [3.8, 4) is 5.75 Å². The van der Waals surface area contributed by atoms with Crippen LogP contribution in [0.25, 0.3) is 0 Å². The minimum Gasteiger partial charge on any atom is -0.494 e. The summed E-state index contributed by atoms with van der Waals surface area (Å²) < 4.78 is 37.6. The van der Waals surface area contributed by atoms with Crippen LogP contribution < -0.4 is 10.1 Å². The average Bonchev–Trinajstić information content (AvgIpc) is 2.73. The second-order valence-corrected chi connectivity index (χ2v) is 6.51. The van der Waals surface area contributed by atoms with Gasteiger partial charge in [-0.05, 0) is 49.7 Å². The number of Topliss-reactive ketones (excluding diaryl/α,β-unsaturated/α-hetero) is 1. The molecule has 160 valence electrons. The number of carbonyl (C=O) groups excluding carboxylic acids is 3. The number of nitrogens with one attached hydrogen (secondary N) is 1. The number of hydrogen-bond donors (Lipinski definition) is 1. The molecule has 0 spiro atoms. The number of amides is 1. The molecule has 0 radical (unpaired) electrons. The highest BCUT2D eigenvalue weighted by Gasteiger charge is 2.21. The van der Waals surface area contributed by atoms with Gasteiger partial charge in [0.15, 0.2) is 11.9 Å². The minimum atomic E-state index is -1.29. The maximum Gasteiger partial charge on any atom is 0.307 e. The van der Waals surface area contributed by atoms with Crippen LogP contribution in [-0.2, 0) is 14.3 Å². The molecule has 0 saturated carbocycles. The van der Waals surface area contributed by atoms with E-state index in [0.717, 1.165) is 24.6 Å². The number of anilines is 1. The van der Waals surface area contributed by atoms with Crippen molar-refractivity contribution in [3.63, 3.8) is 0 Å². The quantitative estimate of drug-likeness (QED) is 0.459. The van der Waals surface area contributed by atoms with Gasteiger partial charge < -0.3 is 14.8 Å². The van der Waals surface area contributed by atoms with E-state index in [-0.39, 0.29) is 18.6 Å². The molecule has 2 aromatic rings. The number of rotatable bonds is 10. The van der Waals surface area contributed by atoms with Crippen LogP contribution in [0.1, 0.15) is 43.5 Å². The molecular formula is C22H23F2NO5. The molecule has 0 unspecified atom stereocenters. The fourth-order valence-electron chi connectivity index (χ4n) is 2.47. The molecule has 1 atom stereocenters. The Balaban J connectivity index is 1.81. The Morgan fingerprint density at radius 2 is 1.63 bits per heavy atom. The summed E-state index contributed by atoms with van der Waals surface area (Å²) in [6.45, 7) is 3.83. The Morgan fingerprint density at radius 3 is 2.23 bits per heavy atom. The van der Waals surface area contributed by atoms with E-state index in [1.165, 1.54) is 6.92 Å². The first kappa shape index (κ1) is 23.0. The van der Waals surface area contributed by atoms with Crippen molar-refractivity contribution in [1.29, 1.82) is 0 Å². The number of hydrogen-bond acceptors (Lipinski definition) is 5. The molecule has 6 nitrogen and oxygen atoms in total. The van der Waals surface area contributed by atoms with Crippen LogP contribution in [0.15, 0.2) is 42.5 Å². The van der Waals surface area contributed by atoms with E-state index in [9.17, 15) is 23.2 Å². The van der Waals surface area contributed by atoms with E-state index in [4.69, 9.17) is 9.47 Å². The maximum atomic E-state index is 13.6. The Labute approximate surface area is 173 Å². The summed E-state index contributed by atoms with van der Waals surface area (Å²) in [5.41, 5.74) is -0.195. The molecule has 0 aliphatic carbocycles. The standard InChI is InChI=1S/C22H23F2NO5/c1-3-13-29-16-9-7-15(8-10-16)19(26)11-12-20(27)30-14(2)22(28)25-21-17(23)5-4-6-18(21)24/h4-10,14H,3,11-13H2,1-2H3,(H,25,28)/t14-/m0/s1. The summed E-state index contributed by atoms with van der Waals surface area (Å²) in [5.74, 6) is -3.17. The number of esters is 1. The first-order valence-electron chi connectivity index (χ1n) is 9.52. The van der Waals surface area contributed by atoms with Crippen LogP contribution >= 0.6 is 0 Å². The summed E-state index contributed by atoms with van der Waals surface area (Å²) in [7, 11) is 0. The molecular weight excluding hydrogens is 396 g/mol. The molecule has 1 amide bonds. The lowest BCUT2D eigenvalue weighted by Crippen LogP contribution is -2.30. The molecule has 0 saturated heterocycles. The van der Waals surface area contributed by atoms with E-state index in [2.05, 4.69) is 0 Å². The fraction of sp³-hybridized carbons (Fsp3) is 0.318. The van der Waals surface area contributed by atoms with E-state index in [1.807, 2.05) is 12.2 Å². The highest BCUT2D eigenvalue weighted by molar-refractivity contribution is 5.98. The zero-order chi connectivity index (χ0) is 22.1. The predicted octanol–water partition coefficient (Wildman–Crippen LogP) is 4.29. The van der Waals surface area contributed by atoms with Crippen molar-refractivity contribution in [1.82, 2.24) is 0 Å². The van der Waals surface area contributed by atoms with E-state index < -0.39 is 35.3 Å². The van der Waals surface area contributed by atoms with Crippen LogP contribution in [0.2, 0.25) is 0 Å². The molecule has 30 heavy (non-hydrogen) atoms. The van der Waals surface area contributed by atoms with Gasteiger partial charge in [-0.1, -0.05) is 13.0 Å². The Hall–Kier alpha value is -3.29. The highest BCUT2D eigenvalue weighted by Crippen LogP contribution is 2.19. The first-order chi connectivity index (χ1) is 14.3. The highest BCUT2D eigenvalue weighted by atomic mass is 19.1. The van der Waals surface area contributed by atoms with Gasteiger partial charge in [-0.2, -0.15) is 0 Å². The van der Waals surface area contributed by atoms with Gasteiger partial charge in [-0.15, -0.1) is 0 Å². The van der Waals surface area contributed by atoms with Gasteiger partial charge in [0.2, 0.25) is 0 Å². The Kier molecular flexibility index (Phi) is 8.46. The second kappa shape index (κ2) is 11.0. The smallest absolute Gasteiger partial charge is 0.307 e. The van der Waals surface area contributed by atoms with Crippen molar-refractivity contribution < 1.29 is 32.6 Å². The molecule has 0 bridgehead atoms. The zero-order valence-corrected chi connectivity index (χ0v) is 16.7. The van der Waals surface area contributed by atoms with Gasteiger partial charge in [-0.25, -0.2) is 8.78 Å². The maximum absolute atomic E-state index is 13.6. The number of halogens is 2. The van der Waals surface area contributed by atoms with Crippen LogP contribution in [-0.4, -0.2) is 30.4 Å². The molecule has 1 N–H and O–H groups in total. The van der Waals surface area contributed by atoms with Crippen LogP contribution in [0.5, 0.6) is 5.75 Å². The van der Waals surface area contributed by atoms with Crippen LogP contribution in [0, 0.1) is 11.6 Å². The summed E-state index contributed by atoms with van der Waals surface area (Å²) in [6.07, 6.45) is -0.765. The number of para-hydroxylation sites is 1. The van der Waals surface area contributed by atoms with E-state index in [1.54, 1.807) is 24.3 Å². The van der Waals surface area contributed by atoms with Crippen molar-refractivity contribution >= 4 is 23.3 Å². The topological polar surface area (TPSA) is 81.7 Å². The monoisotopic (exact) mass is 419 g/mol. The molecule has 2 rings (SSSR count).